The highest BCUT2D eigenvalue weighted by molar-refractivity contribution is 7.12. The first-order valence-electron chi connectivity index (χ1n) is 6.33. The van der Waals surface area contributed by atoms with Gasteiger partial charge in [0, 0.05) is 12.2 Å². The van der Waals surface area contributed by atoms with Crippen LogP contribution in [0.5, 0.6) is 0 Å². The molecule has 0 saturated carbocycles. The van der Waals surface area contributed by atoms with Crippen molar-refractivity contribution < 1.29 is 9.90 Å². The standard InChI is InChI=1S/C15H17NO2S/c1-2-3-11-4-6-13(7-5-11)16-10-12-8-9-19-14(12)15(17)18/h4-9,16H,2-3,10H2,1H3,(H,17,18). The fraction of sp³-hybridized carbons (Fsp3) is 0.267. The normalized spacial score (nSPS) is 10.4. The maximum atomic E-state index is 11.0. The van der Waals surface area contributed by atoms with Gasteiger partial charge in [-0.05, 0) is 41.1 Å². The lowest BCUT2D eigenvalue weighted by atomic mass is 10.1. The number of nitrogens with one attached hydrogen (secondary N) is 1. The minimum Gasteiger partial charge on any atom is -0.477 e. The zero-order valence-electron chi connectivity index (χ0n) is 10.8. The molecule has 100 valence electrons. The van der Waals surface area contributed by atoms with Crippen molar-refractivity contribution >= 4 is 23.0 Å². The molecular formula is C15H17NO2S. The molecule has 0 unspecified atom stereocenters. The molecule has 1 aromatic heterocycles. The average molecular weight is 275 g/mol. The van der Waals surface area contributed by atoms with Gasteiger partial charge >= 0.3 is 5.97 Å². The van der Waals surface area contributed by atoms with Crippen molar-refractivity contribution in [1.82, 2.24) is 0 Å². The highest BCUT2D eigenvalue weighted by atomic mass is 32.1. The topological polar surface area (TPSA) is 49.3 Å². The van der Waals surface area contributed by atoms with Gasteiger partial charge in [-0.15, -0.1) is 11.3 Å². The van der Waals surface area contributed by atoms with Gasteiger partial charge in [-0.25, -0.2) is 4.79 Å². The second kappa shape index (κ2) is 6.38. The summed E-state index contributed by atoms with van der Waals surface area (Å²) >= 11 is 1.26. The number of aromatic carboxylic acids is 1. The van der Waals surface area contributed by atoms with Gasteiger partial charge in [0.2, 0.25) is 0 Å². The van der Waals surface area contributed by atoms with Crippen LogP contribution in [0.3, 0.4) is 0 Å². The van der Waals surface area contributed by atoms with E-state index in [0.29, 0.717) is 11.4 Å². The Labute approximate surface area is 116 Å². The van der Waals surface area contributed by atoms with Crippen LogP contribution in [0.2, 0.25) is 0 Å². The number of rotatable bonds is 6. The summed E-state index contributed by atoms with van der Waals surface area (Å²) in [5.74, 6) is -0.856. The van der Waals surface area contributed by atoms with Crippen LogP contribution in [0.25, 0.3) is 0 Å². The summed E-state index contributed by atoms with van der Waals surface area (Å²) in [5, 5.41) is 14.1. The Kier molecular flexibility index (Phi) is 4.58. The van der Waals surface area contributed by atoms with Crippen molar-refractivity contribution in [3.8, 4) is 0 Å². The molecule has 2 rings (SSSR count). The van der Waals surface area contributed by atoms with Gasteiger partial charge in [0.1, 0.15) is 4.88 Å². The third-order valence-corrected chi connectivity index (χ3v) is 3.86. The number of anilines is 1. The number of thiophene rings is 1. The summed E-state index contributed by atoms with van der Waals surface area (Å²) in [6.07, 6.45) is 2.23. The van der Waals surface area contributed by atoms with E-state index in [1.54, 1.807) is 0 Å². The predicted octanol–water partition coefficient (Wildman–Crippen LogP) is 4.01. The van der Waals surface area contributed by atoms with E-state index >= 15 is 0 Å². The van der Waals surface area contributed by atoms with Gasteiger partial charge in [-0.2, -0.15) is 0 Å². The lowest BCUT2D eigenvalue weighted by Gasteiger charge is -2.07. The Hall–Kier alpha value is -1.81. The van der Waals surface area contributed by atoms with E-state index in [4.69, 9.17) is 5.11 Å². The molecule has 19 heavy (non-hydrogen) atoms. The minimum absolute atomic E-state index is 0.412. The lowest BCUT2D eigenvalue weighted by Crippen LogP contribution is -2.03. The van der Waals surface area contributed by atoms with Crippen LogP contribution >= 0.6 is 11.3 Å². The molecule has 0 aliphatic heterocycles. The van der Waals surface area contributed by atoms with Gasteiger partial charge in [0.15, 0.2) is 0 Å². The Bertz CT molecular complexity index is 546. The molecule has 1 aromatic carbocycles. The van der Waals surface area contributed by atoms with Gasteiger partial charge in [0.25, 0.3) is 0 Å². The summed E-state index contributed by atoms with van der Waals surface area (Å²) in [6.45, 7) is 2.70. The van der Waals surface area contributed by atoms with E-state index in [-0.39, 0.29) is 0 Å². The van der Waals surface area contributed by atoms with Crippen LogP contribution in [-0.2, 0) is 13.0 Å². The summed E-state index contributed by atoms with van der Waals surface area (Å²) in [7, 11) is 0. The molecule has 0 radical (unpaired) electrons. The first kappa shape index (κ1) is 13.6. The van der Waals surface area contributed by atoms with E-state index in [1.165, 1.54) is 16.9 Å². The molecule has 0 aliphatic rings. The average Bonchev–Trinajstić information content (AvgIpc) is 2.87. The van der Waals surface area contributed by atoms with Crippen molar-refractivity contribution in [2.24, 2.45) is 0 Å². The first-order chi connectivity index (χ1) is 9.20. The second-order valence-electron chi connectivity index (χ2n) is 4.38. The first-order valence-corrected chi connectivity index (χ1v) is 7.21. The number of carbonyl (C=O) groups is 1. The van der Waals surface area contributed by atoms with E-state index in [1.807, 2.05) is 23.6 Å². The quantitative estimate of drug-likeness (QED) is 0.837. The molecule has 1 heterocycles. The molecule has 2 N–H and O–H groups in total. The number of hydrogen-bond donors (Lipinski definition) is 2. The zero-order chi connectivity index (χ0) is 13.7. The Balaban J connectivity index is 1.98. The highest BCUT2D eigenvalue weighted by Gasteiger charge is 2.10. The summed E-state index contributed by atoms with van der Waals surface area (Å²) in [6, 6.07) is 10.2. The van der Waals surface area contributed by atoms with Gasteiger partial charge < -0.3 is 10.4 Å². The van der Waals surface area contributed by atoms with Crippen LogP contribution in [0.15, 0.2) is 35.7 Å². The Morgan fingerprint density at radius 2 is 2.00 bits per heavy atom. The van der Waals surface area contributed by atoms with Gasteiger partial charge in [-0.3, -0.25) is 0 Å². The largest absolute Gasteiger partial charge is 0.477 e. The monoisotopic (exact) mass is 275 g/mol. The maximum absolute atomic E-state index is 11.0. The molecule has 3 nitrogen and oxygen atoms in total. The molecule has 0 spiro atoms. The van der Waals surface area contributed by atoms with Gasteiger partial charge in [-0.1, -0.05) is 25.5 Å². The number of carboxylic acids is 1. The zero-order valence-corrected chi connectivity index (χ0v) is 11.7. The third-order valence-electron chi connectivity index (χ3n) is 2.92. The third kappa shape index (κ3) is 3.58. The van der Waals surface area contributed by atoms with Crippen LogP contribution in [0.1, 0.15) is 34.1 Å². The summed E-state index contributed by atoms with van der Waals surface area (Å²) < 4.78 is 0. The van der Waals surface area contributed by atoms with Crippen molar-refractivity contribution in [3.63, 3.8) is 0 Å². The van der Waals surface area contributed by atoms with Crippen LogP contribution in [-0.4, -0.2) is 11.1 Å². The number of hydrogen-bond acceptors (Lipinski definition) is 3. The van der Waals surface area contributed by atoms with Crippen molar-refractivity contribution in [2.75, 3.05) is 5.32 Å². The number of carboxylic acid groups (broad SMARTS) is 1. The van der Waals surface area contributed by atoms with Crippen LogP contribution < -0.4 is 5.32 Å². The predicted molar refractivity (Wildman–Crippen MR) is 79.0 cm³/mol. The molecule has 0 saturated heterocycles. The van der Waals surface area contributed by atoms with E-state index < -0.39 is 5.97 Å². The lowest BCUT2D eigenvalue weighted by molar-refractivity contribution is 0.0701. The molecule has 0 aliphatic carbocycles. The van der Waals surface area contributed by atoms with Crippen LogP contribution in [0, 0.1) is 0 Å². The summed E-state index contributed by atoms with van der Waals surface area (Å²) in [5.41, 5.74) is 3.17. The minimum atomic E-state index is -0.856. The number of aryl methyl sites for hydroxylation is 1. The smallest absolute Gasteiger partial charge is 0.346 e. The van der Waals surface area contributed by atoms with Crippen LogP contribution in [0.4, 0.5) is 5.69 Å². The molecule has 4 heteroatoms. The van der Waals surface area contributed by atoms with Gasteiger partial charge in [0.05, 0.1) is 0 Å². The Morgan fingerprint density at radius 1 is 1.26 bits per heavy atom. The fourth-order valence-electron chi connectivity index (χ4n) is 1.94. The molecule has 0 fully saturated rings. The van der Waals surface area contributed by atoms with Crippen molar-refractivity contribution in [2.45, 2.75) is 26.3 Å². The molecule has 0 amide bonds. The fourth-order valence-corrected chi connectivity index (χ4v) is 2.70. The number of benzene rings is 1. The second-order valence-corrected chi connectivity index (χ2v) is 5.30. The van der Waals surface area contributed by atoms with E-state index in [0.717, 1.165) is 24.1 Å². The van der Waals surface area contributed by atoms with Crippen molar-refractivity contribution in [3.05, 3.63) is 51.7 Å². The molecule has 2 aromatic rings. The SMILES string of the molecule is CCCc1ccc(NCc2ccsc2C(=O)O)cc1. The molecule has 0 bridgehead atoms. The highest BCUT2D eigenvalue weighted by Crippen LogP contribution is 2.19. The maximum Gasteiger partial charge on any atom is 0.346 e. The Morgan fingerprint density at radius 3 is 2.63 bits per heavy atom. The van der Waals surface area contributed by atoms with E-state index in [2.05, 4.69) is 24.4 Å². The molecule has 0 atom stereocenters. The molecular weight excluding hydrogens is 258 g/mol. The van der Waals surface area contributed by atoms with Crippen molar-refractivity contribution in [1.29, 1.82) is 0 Å². The van der Waals surface area contributed by atoms with E-state index in [9.17, 15) is 4.79 Å². The summed E-state index contributed by atoms with van der Waals surface area (Å²) in [4.78, 5) is 11.4.